The molecular formula is C21H23N5O2S2. The Hall–Kier alpha value is -2.65. The quantitative estimate of drug-likeness (QED) is 0.423. The second kappa shape index (κ2) is 9.01. The van der Waals surface area contributed by atoms with Crippen LogP contribution in [-0.4, -0.2) is 31.3 Å². The van der Waals surface area contributed by atoms with Crippen molar-refractivity contribution < 1.29 is 4.79 Å². The normalized spacial score (nSPS) is 11.4. The van der Waals surface area contributed by atoms with Gasteiger partial charge >= 0.3 is 0 Å². The summed E-state index contributed by atoms with van der Waals surface area (Å²) in [5.74, 6) is 1.19. The highest BCUT2D eigenvalue weighted by atomic mass is 32.2. The summed E-state index contributed by atoms with van der Waals surface area (Å²) in [5.41, 5.74) is 1.85. The maximum absolute atomic E-state index is 12.8. The first-order valence-electron chi connectivity index (χ1n) is 9.86. The summed E-state index contributed by atoms with van der Waals surface area (Å²) in [6.45, 7) is 3.11. The Labute approximate surface area is 182 Å². The molecule has 4 aromatic rings. The van der Waals surface area contributed by atoms with Gasteiger partial charge in [-0.15, -0.1) is 33.3 Å². The summed E-state index contributed by atoms with van der Waals surface area (Å²) in [7, 11) is 0. The predicted molar refractivity (Wildman–Crippen MR) is 121 cm³/mol. The molecule has 0 unspecified atom stereocenters. The number of carbonyl (C=O) groups is 1. The molecule has 0 saturated heterocycles. The molecule has 0 saturated carbocycles. The summed E-state index contributed by atoms with van der Waals surface area (Å²) in [4.78, 5) is 26.3. The Kier molecular flexibility index (Phi) is 6.19. The highest BCUT2D eigenvalue weighted by Gasteiger charge is 2.17. The molecule has 1 aromatic carbocycles. The van der Waals surface area contributed by atoms with Crippen LogP contribution in [-0.2, 0) is 24.3 Å². The van der Waals surface area contributed by atoms with Gasteiger partial charge in [-0.05, 0) is 41.8 Å². The maximum atomic E-state index is 12.8. The van der Waals surface area contributed by atoms with Crippen molar-refractivity contribution in [1.82, 2.24) is 24.5 Å². The lowest BCUT2D eigenvalue weighted by atomic mass is 10.2. The molecule has 0 radical (unpaired) electrons. The molecule has 0 aliphatic rings. The Morgan fingerprint density at radius 2 is 2.00 bits per heavy atom. The van der Waals surface area contributed by atoms with Crippen molar-refractivity contribution >= 4 is 45.0 Å². The highest BCUT2D eigenvalue weighted by molar-refractivity contribution is 7.98. The monoisotopic (exact) mass is 441 g/mol. The Bertz CT molecular complexity index is 1240. The van der Waals surface area contributed by atoms with Crippen LogP contribution in [0.1, 0.15) is 31.2 Å². The number of aryl methyl sites for hydroxylation is 2. The van der Waals surface area contributed by atoms with E-state index in [1.165, 1.54) is 16.2 Å². The van der Waals surface area contributed by atoms with E-state index in [0.717, 1.165) is 17.5 Å². The fraction of sp³-hybridized carbons (Fsp3) is 0.333. The van der Waals surface area contributed by atoms with Gasteiger partial charge in [-0.3, -0.25) is 18.6 Å². The van der Waals surface area contributed by atoms with Crippen molar-refractivity contribution in [2.24, 2.45) is 0 Å². The number of nitrogens with zero attached hydrogens (tertiary/aromatic N) is 4. The van der Waals surface area contributed by atoms with Crippen molar-refractivity contribution in [2.45, 2.75) is 44.2 Å². The number of fused-ring (bicyclic) bond motifs is 3. The van der Waals surface area contributed by atoms with Crippen LogP contribution < -0.4 is 10.9 Å². The van der Waals surface area contributed by atoms with Gasteiger partial charge in [-0.1, -0.05) is 19.1 Å². The van der Waals surface area contributed by atoms with Crippen LogP contribution in [0.3, 0.4) is 0 Å². The lowest BCUT2D eigenvalue weighted by Gasteiger charge is -2.08. The zero-order valence-corrected chi connectivity index (χ0v) is 18.6. The smallest absolute Gasteiger partial charge is 0.272 e. The van der Waals surface area contributed by atoms with E-state index in [4.69, 9.17) is 0 Å². The molecule has 7 nitrogen and oxygen atoms in total. The molecular weight excluding hydrogens is 418 g/mol. The van der Waals surface area contributed by atoms with E-state index in [1.54, 1.807) is 16.3 Å². The lowest BCUT2D eigenvalue weighted by molar-refractivity contribution is -0.121. The lowest BCUT2D eigenvalue weighted by Crippen LogP contribution is -2.24. The van der Waals surface area contributed by atoms with Crippen LogP contribution in [0.25, 0.3) is 16.0 Å². The molecule has 0 bridgehead atoms. The predicted octanol–water partition coefficient (Wildman–Crippen LogP) is 3.49. The molecule has 30 heavy (non-hydrogen) atoms. The number of rotatable bonds is 8. The van der Waals surface area contributed by atoms with Crippen molar-refractivity contribution in [3.05, 3.63) is 57.5 Å². The first kappa shape index (κ1) is 20.6. The summed E-state index contributed by atoms with van der Waals surface area (Å²) >= 11 is 3.12. The van der Waals surface area contributed by atoms with Gasteiger partial charge < -0.3 is 5.32 Å². The van der Waals surface area contributed by atoms with E-state index in [1.807, 2.05) is 41.2 Å². The van der Waals surface area contributed by atoms with E-state index in [9.17, 15) is 9.59 Å². The molecule has 0 aliphatic carbocycles. The third-order valence-electron chi connectivity index (χ3n) is 4.95. The molecule has 0 aliphatic heterocycles. The van der Waals surface area contributed by atoms with Gasteiger partial charge in [-0.2, -0.15) is 0 Å². The van der Waals surface area contributed by atoms with Gasteiger partial charge in [-0.25, -0.2) is 0 Å². The average Bonchev–Trinajstić information content (AvgIpc) is 3.41. The van der Waals surface area contributed by atoms with E-state index in [-0.39, 0.29) is 11.5 Å². The zero-order chi connectivity index (χ0) is 21.1. The van der Waals surface area contributed by atoms with Crippen molar-refractivity contribution in [3.8, 4) is 0 Å². The number of thiophene rings is 1. The first-order valence-corrected chi connectivity index (χ1v) is 12.0. The summed E-state index contributed by atoms with van der Waals surface area (Å²) in [5, 5.41) is 13.4. The SMILES string of the molecule is CCCn1c(=O)c2sccc2n2c(CCC(=O)NCc3ccc(SC)cc3)nnc12. The fourth-order valence-electron chi connectivity index (χ4n) is 3.43. The molecule has 1 amide bonds. The molecule has 4 rings (SSSR count). The van der Waals surface area contributed by atoms with Crippen LogP contribution in [0.15, 0.2) is 45.4 Å². The highest BCUT2D eigenvalue weighted by Crippen LogP contribution is 2.20. The van der Waals surface area contributed by atoms with E-state index >= 15 is 0 Å². The summed E-state index contributed by atoms with van der Waals surface area (Å²) in [6.07, 6.45) is 3.63. The number of hydrogen-bond donors (Lipinski definition) is 1. The van der Waals surface area contributed by atoms with Crippen molar-refractivity contribution in [1.29, 1.82) is 0 Å². The average molecular weight is 442 g/mol. The largest absolute Gasteiger partial charge is 0.352 e. The van der Waals surface area contributed by atoms with Gasteiger partial charge in [0.25, 0.3) is 5.56 Å². The number of carbonyl (C=O) groups excluding carboxylic acids is 1. The Morgan fingerprint density at radius 1 is 1.20 bits per heavy atom. The molecule has 156 valence electrons. The minimum absolute atomic E-state index is 0.0291. The van der Waals surface area contributed by atoms with E-state index in [2.05, 4.69) is 27.6 Å². The number of hydrogen-bond acceptors (Lipinski definition) is 6. The minimum atomic E-state index is -0.0378. The number of thioether (sulfide) groups is 1. The molecule has 0 fully saturated rings. The van der Waals surface area contributed by atoms with Crippen LogP contribution >= 0.6 is 23.1 Å². The molecule has 9 heteroatoms. The number of nitrogens with one attached hydrogen (secondary N) is 1. The summed E-state index contributed by atoms with van der Waals surface area (Å²) in [6, 6.07) is 10.1. The summed E-state index contributed by atoms with van der Waals surface area (Å²) < 4.78 is 4.28. The minimum Gasteiger partial charge on any atom is -0.352 e. The van der Waals surface area contributed by atoms with E-state index in [0.29, 0.717) is 42.2 Å². The number of amides is 1. The van der Waals surface area contributed by atoms with Gasteiger partial charge in [0.05, 0.1) is 5.52 Å². The van der Waals surface area contributed by atoms with Crippen molar-refractivity contribution in [2.75, 3.05) is 6.26 Å². The van der Waals surface area contributed by atoms with Gasteiger partial charge in [0, 0.05) is 30.8 Å². The second-order valence-corrected chi connectivity index (χ2v) is 8.76. The van der Waals surface area contributed by atoms with Crippen LogP contribution in [0.5, 0.6) is 0 Å². The topological polar surface area (TPSA) is 81.3 Å². The Morgan fingerprint density at radius 3 is 2.73 bits per heavy atom. The standard InChI is InChI=1S/C21H23N5O2S2/c1-3-11-25-20(28)19-16(10-12-30-19)26-17(23-24-21(25)26)8-9-18(27)22-13-14-4-6-15(29-2)7-5-14/h4-7,10,12H,3,8-9,11,13H2,1-2H3,(H,22,27). The zero-order valence-electron chi connectivity index (χ0n) is 16.9. The van der Waals surface area contributed by atoms with Crippen LogP contribution in [0.2, 0.25) is 0 Å². The maximum Gasteiger partial charge on any atom is 0.272 e. The van der Waals surface area contributed by atoms with Gasteiger partial charge in [0.15, 0.2) is 0 Å². The first-order chi connectivity index (χ1) is 14.6. The molecule has 0 atom stereocenters. The second-order valence-electron chi connectivity index (χ2n) is 6.97. The number of aromatic nitrogens is 4. The van der Waals surface area contributed by atoms with Gasteiger partial charge in [0.1, 0.15) is 10.5 Å². The molecule has 3 aromatic heterocycles. The number of benzene rings is 1. The molecule has 0 spiro atoms. The van der Waals surface area contributed by atoms with E-state index < -0.39 is 0 Å². The van der Waals surface area contributed by atoms with Crippen molar-refractivity contribution in [3.63, 3.8) is 0 Å². The van der Waals surface area contributed by atoms with Crippen LogP contribution in [0, 0.1) is 0 Å². The van der Waals surface area contributed by atoms with Crippen LogP contribution in [0.4, 0.5) is 0 Å². The molecule has 3 heterocycles. The third kappa shape index (κ3) is 3.99. The third-order valence-corrected chi connectivity index (χ3v) is 6.59. The fourth-order valence-corrected chi connectivity index (χ4v) is 4.66. The molecule has 1 N–H and O–H groups in total. The Balaban J connectivity index is 1.50. The van der Waals surface area contributed by atoms with Gasteiger partial charge in [0.2, 0.25) is 11.7 Å².